The Morgan fingerprint density at radius 2 is 2.00 bits per heavy atom. The molecule has 0 saturated carbocycles. The fourth-order valence-electron chi connectivity index (χ4n) is 2.98. The number of rotatable bonds is 3. The van der Waals surface area contributed by atoms with Gasteiger partial charge in [0.25, 0.3) is 5.56 Å². The third kappa shape index (κ3) is 3.31. The number of para-hydroxylation sites is 1. The maximum absolute atomic E-state index is 12.0. The van der Waals surface area contributed by atoms with E-state index < -0.39 is 0 Å². The van der Waals surface area contributed by atoms with E-state index in [0.717, 1.165) is 37.4 Å². The van der Waals surface area contributed by atoms with E-state index in [2.05, 4.69) is 28.7 Å². The van der Waals surface area contributed by atoms with Crippen LogP contribution in [0.15, 0.2) is 29.1 Å². The molecule has 0 unspecified atom stereocenters. The molecule has 1 aromatic heterocycles. The third-order valence-electron chi connectivity index (χ3n) is 3.82. The first-order valence-corrected chi connectivity index (χ1v) is 7.47. The van der Waals surface area contributed by atoms with Crippen LogP contribution >= 0.6 is 0 Å². The summed E-state index contributed by atoms with van der Waals surface area (Å²) in [5, 5.41) is 0.648. The number of ether oxygens (including phenoxy) is 1. The molecule has 1 aliphatic rings. The Morgan fingerprint density at radius 3 is 2.76 bits per heavy atom. The van der Waals surface area contributed by atoms with Crippen LogP contribution in [-0.2, 0) is 11.2 Å². The molecule has 0 bridgehead atoms. The summed E-state index contributed by atoms with van der Waals surface area (Å²) in [6.07, 6.45) is 1.27. The van der Waals surface area contributed by atoms with E-state index in [1.54, 1.807) is 6.07 Å². The molecule has 0 radical (unpaired) electrons. The van der Waals surface area contributed by atoms with Crippen LogP contribution in [0.2, 0.25) is 0 Å². The number of nitrogens with one attached hydrogen (secondary N) is 1. The predicted octanol–water partition coefficient (Wildman–Crippen LogP) is 1.57. The van der Waals surface area contributed by atoms with E-state index in [1.165, 1.54) is 0 Å². The molecule has 5 heteroatoms. The molecule has 2 heterocycles. The molecule has 0 amide bonds. The van der Waals surface area contributed by atoms with Crippen LogP contribution in [0.5, 0.6) is 0 Å². The Bertz CT molecular complexity index is 673. The number of aromatic nitrogens is 2. The topological polar surface area (TPSA) is 58.2 Å². The highest BCUT2D eigenvalue weighted by atomic mass is 16.5. The molecule has 0 spiro atoms. The van der Waals surface area contributed by atoms with Crippen molar-refractivity contribution in [2.75, 3.05) is 19.6 Å². The van der Waals surface area contributed by atoms with Crippen molar-refractivity contribution >= 4 is 10.9 Å². The van der Waals surface area contributed by atoms with E-state index in [4.69, 9.17) is 4.74 Å². The zero-order valence-corrected chi connectivity index (χ0v) is 12.5. The van der Waals surface area contributed by atoms with Crippen LogP contribution < -0.4 is 5.56 Å². The maximum Gasteiger partial charge on any atom is 0.258 e. The lowest BCUT2D eigenvalue weighted by atomic mass is 10.2. The molecular weight excluding hydrogens is 266 g/mol. The summed E-state index contributed by atoms with van der Waals surface area (Å²) in [5.74, 6) is 0.755. The molecule has 0 aliphatic carbocycles. The molecule has 2 aromatic rings. The third-order valence-corrected chi connectivity index (χ3v) is 3.82. The van der Waals surface area contributed by atoms with Crippen LogP contribution in [0.1, 0.15) is 19.7 Å². The first kappa shape index (κ1) is 14.2. The van der Waals surface area contributed by atoms with Crippen molar-refractivity contribution in [2.45, 2.75) is 32.5 Å². The van der Waals surface area contributed by atoms with E-state index in [0.29, 0.717) is 5.39 Å². The summed E-state index contributed by atoms with van der Waals surface area (Å²) < 4.78 is 5.73. The average Bonchev–Trinajstić information content (AvgIpc) is 2.44. The lowest BCUT2D eigenvalue weighted by Gasteiger charge is -2.35. The van der Waals surface area contributed by atoms with Crippen LogP contribution in [0.25, 0.3) is 10.9 Å². The quantitative estimate of drug-likeness (QED) is 0.931. The van der Waals surface area contributed by atoms with Gasteiger partial charge in [-0.15, -0.1) is 0 Å². The number of benzene rings is 1. The number of hydrogen-bond donors (Lipinski definition) is 1. The molecule has 21 heavy (non-hydrogen) atoms. The lowest BCUT2D eigenvalue weighted by Crippen LogP contribution is -2.46. The SMILES string of the molecule is C[C@H]1CN(CCc2nc3ccccc3c(=O)[nH]2)C[C@H](C)O1. The average molecular weight is 287 g/mol. The fourth-order valence-corrected chi connectivity index (χ4v) is 2.98. The smallest absolute Gasteiger partial charge is 0.258 e. The number of hydrogen-bond acceptors (Lipinski definition) is 4. The van der Waals surface area contributed by atoms with Crippen LogP contribution in [-0.4, -0.2) is 46.7 Å². The highest BCUT2D eigenvalue weighted by Crippen LogP contribution is 2.11. The summed E-state index contributed by atoms with van der Waals surface area (Å²) in [6.45, 7) is 6.95. The first-order chi connectivity index (χ1) is 10.1. The van der Waals surface area contributed by atoms with Gasteiger partial charge in [0, 0.05) is 26.1 Å². The van der Waals surface area contributed by atoms with E-state index in [1.807, 2.05) is 18.2 Å². The molecule has 1 N–H and O–H groups in total. The Hall–Kier alpha value is -1.72. The maximum atomic E-state index is 12.0. The van der Waals surface area contributed by atoms with Gasteiger partial charge in [0.1, 0.15) is 5.82 Å². The van der Waals surface area contributed by atoms with Crippen LogP contribution in [0, 0.1) is 0 Å². The van der Waals surface area contributed by atoms with Gasteiger partial charge in [-0.25, -0.2) is 4.98 Å². The Morgan fingerprint density at radius 1 is 1.29 bits per heavy atom. The summed E-state index contributed by atoms with van der Waals surface area (Å²) in [7, 11) is 0. The molecule has 1 aromatic carbocycles. The minimum Gasteiger partial charge on any atom is -0.373 e. The number of nitrogens with zero attached hydrogens (tertiary/aromatic N) is 2. The van der Waals surface area contributed by atoms with Crippen molar-refractivity contribution in [3.05, 3.63) is 40.4 Å². The van der Waals surface area contributed by atoms with Gasteiger partial charge in [-0.05, 0) is 26.0 Å². The fraction of sp³-hybridized carbons (Fsp3) is 0.500. The van der Waals surface area contributed by atoms with E-state index in [-0.39, 0.29) is 17.8 Å². The van der Waals surface area contributed by atoms with Crippen molar-refractivity contribution in [3.8, 4) is 0 Å². The second-order valence-electron chi connectivity index (χ2n) is 5.80. The molecule has 2 atom stereocenters. The van der Waals surface area contributed by atoms with Crippen molar-refractivity contribution in [2.24, 2.45) is 0 Å². The van der Waals surface area contributed by atoms with Crippen molar-refractivity contribution < 1.29 is 4.74 Å². The minimum atomic E-state index is -0.0562. The van der Waals surface area contributed by atoms with Gasteiger partial charge >= 0.3 is 0 Å². The van der Waals surface area contributed by atoms with Gasteiger partial charge < -0.3 is 9.72 Å². The summed E-state index contributed by atoms with van der Waals surface area (Å²) >= 11 is 0. The number of fused-ring (bicyclic) bond motifs is 1. The second kappa shape index (κ2) is 5.95. The van der Waals surface area contributed by atoms with Crippen LogP contribution in [0.3, 0.4) is 0 Å². The molecule has 1 fully saturated rings. The van der Waals surface area contributed by atoms with Crippen molar-refractivity contribution in [1.82, 2.24) is 14.9 Å². The lowest BCUT2D eigenvalue weighted by molar-refractivity contribution is -0.0676. The van der Waals surface area contributed by atoms with Gasteiger partial charge in [-0.2, -0.15) is 0 Å². The Balaban J connectivity index is 1.72. The Labute approximate surface area is 124 Å². The zero-order valence-electron chi connectivity index (χ0n) is 12.5. The summed E-state index contributed by atoms with van der Waals surface area (Å²) in [5.41, 5.74) is 0.708. The number of morpholine rings is 1. The molecular formula is C16H21N3O2. The summed E-state index contributed by atoms with van der Waals surface area (Å²) in [6, 6.07) is 7.45. The van der Waals surface area contributed by atoms with Gasteiger partial charge in [0.05, 0.1) is 23.1 Å². The normalized spacial score (nSPS) is 23.5. The van der Waals surface area contributed by atoms with Gasteiger partial charge in [-0.3, -0.25) is 9.69 Å². The standard InChI is InChI=1S/C16H21N3O2/c1-11-9-19(10-12(2)21-11)8-7-15-17-14-6-4-3-5-13(14)16(20)18-15/h3-6,11-12H,7-10H2,1-2H3,(H,17,18,20)/t11-,12-/m0/s1. The Kier molecular flexibility index (Phi) is 4.03. The molecule has 3 rings (SSSR count). The van der Waals surface area contributed by atoms with E-state index >= 15 is 0 Å². The zero-order chi connectivity index (χ0) is 14.8. The second-order valence-corrected chi connectivity index (χ2v) is 5.80. The highest BCUT2D eigenvalue weighted by molar-refractivity contribution is 5.77. The van der Waals surface area contributed by atoms with Crippen LogP contribution in [0.4, 0.5) is 0 Å². The van der Waals surface area contributed by atoms with Crippen molar-refractivity contribution in [1.29, 1.82) is 0 Å². The molecule has 1 saturated heterocycles. The molecule has 1 aliphatic heterocycles. The van der Waals surface area contributed by atoms with Crippen molar-refractivity contribution in [3.63, 3.8) is 0 Å². The van der Waals surface area contributed by atoms with E-state index in [9.17, 15) is 4.79 Å². The number of H-pyrrole nitrogens is 1. The van der Waals surface area contributed by atoms with Gasteiger partial charge in [-0.1, -0.05) is 12.1 Å². The van der Waals surface area contributed by atoms with Gasteiger partial charge in [0.15, 0.2) is 0 Å². The predicted molar refractivity (Wildman–Crippen MR) is 82.5 cm³/mol. The highest BCUT2D eigenvalue weighted by Gasteiger charge is 2.21. The summed E-state index contributed by atoms with van der Waals surface area (Å²) in [4.78, 5) is 21.8. The van der Waals surface area contributed by atoms with Gasteiger partial charge in [0.2, 0.25) is 0 Å². The number of aromatic amines is 1. The molecule has 112 valence electrons. The molecule has 5 nitrogen and oxygen atoms in total. The monoisotopic (exact) mass is 287 g/mol. The minimum absolute atomic E-state index is 0.0562. The largest absolute Gasteiger partial charge is 0.373 e. The first-order valence-electron chi connectivity index (χ1n) is 7.47.